The van der Waals surface area contributed by atoms with Gasteiger partial charge in [-0.15, -0.1) is 0 Å². The summed E-state index contributed by atoms with van der Waals surface area (Å²) in [6, 6.07) is 3.05. The smallest absolute Gasteiger partial charge is 0.343 e. The Morgan fingerprint density at radius 1 is 1.13 bits per heavy atom. The van der Waals surface area contributed by atoms with E-state index in [9.17, 15) is 23.2 Å². The van der Waals surface area contributed by atoms with Crippen molar-refractivity contribution in [2.75, 3.05) is 44.6 Å². The van der Waals surface area contributed by atoms with Crippen molar-refractivity contribution in [3.63, 3.8) is 0 Å². The van der Waals surface area contributed by atoms with Crippen LogP contribution >= 0.6 is 0 Å². The predicted molar refractivity (Wildman–Crippen MR) is 106 cm³/mol. The third-order valence-electron chi connectivity index (χ3n) is 4.89. The van der Waals surface area contributed by atoms with Crippen LogP contribution in [0.4, 0.5) is 14.6 Å². The predicted octanol–water partition coefficient (Wildman–Crippen LogP) is 1.27. The Hall–Kier alpha value is -3.34. The van der Waals surface area contributed by atoms with Gasteiger partial charge in [0, 0.05) is 38.8 Å². The van der Waals surface area contributed by atoms with Crippen LogP contribution in [-0.2, 0) is 16.6 Å². The van der Waals surface area contributed by atoms with Crippen LogP contribution in [0.1, 0.15) is 27.6 Å². The van der Waals surface area contributed by atoms with Crippen LogP contribution in [0.3, 0.4) is 0 Å². The number of amides is 2. The van der Waals surface area contributed by atoms with Crippen molar-refractivity contribution in [1.82, 2.24) is 19.6 Å². The SMILES string of the molecule is CCOC(=O)c1cnn(C)c1NC(=O)CN1CCN(C(=O)c2ccc(F)c(F)c2)CC1. The van der Waals surface area contributed by atoms with Gasteiger partial charge in [0.15, 0.2) is 11.6 Å². The molecule has 0 atom stereocenters. The van der Waals surface area contributed by atoms with Crippen LogP contribution in [-0.4, -0.2) is 76.7 Å². The van der Waals surface area contributed by atoms with Crippen LogP contribution in [0.2, 0.25) is 0 Å². The Labute approximate surface area is 177 Å². The lowest BCUT2D eigenvalue weighted by atomic mass is 10.1. The number of carbonyl (C=O) groups excluding carboxylic acids is 3. The number of nitrogens with zero attached hydrogens (tertiary/aromatic N) is 4. The minimum atomic E-state index is -1.07. The third kappa shape index (κ3) is 5.23. The van der Waals surface area contributed by atoms with Gasteiger partial charge in [-0.2, -0.15) is 5.10 Å². The lowest BCUT2D eigenvalue weighted by Gasteiger charge is -2.34. The van der Waals surface area contributed by atoms with E-state index in [0.29, 0.717) is 26.2 Å². The fourth-order valence-corrected chi connectivity index (χ4v) is 3.24. The number of hydrogen-bond donors (Lipinski definition) is 1. The number of nitrogens with one attached hydrogen (secondary N) is 1. The lowest BCUT2D eigenvalue weighted by Crippen LogP contribution is -2.50. The first-order valence-corrected chi connectivity index (χ1v) is 9.75. The molecule has 0 bridgehead atoms. The van der Waals surface area contributed by atoms with Crippen LogP contribution < -0.4 is 5.32 Å². The number of ether oxygens (including phenoxy) is 1. The Kier molecular flexibility index (Phi) is 6.95. The maximum absolute atomic E-state index is 13.4. The summed E-state index contributed by atoms with van der Waals surface area (Å²) in [5.74, 6) is -3.14. The highest BCUT2D eigenvalue weighted by Crippen LogP contribution is 2.16. The Bertz CT molecular complexity index is 986. The van der Waals surface area contributed by atoms with Gasteiger partial charge in [-0.1, -0.05) is 0 Å². The van der Waals surface area contributed by atoms with E-state index in [1.807, 2.05) is 4.90 Å². The highest BCUT2D eigenvalue weighted by molar-refractivity contribution is 6.00. The van der Waals surface area contributed by atoms with E-state index in [0.717, 1.165) is 12.1 Å². The first kappa shape index (κ1) is 22.3. The topological polar surface area (TPSA) is 96.8 Å². The molecule has 2 amide bonds. The van der Waals surface area contributed by atoms with E-state index >= 15 is 0 Å². The minimum Gasteiger partial charge on any atom is -0.462 e. The summed E-state index contributed by atoms with van der Waals surface area (Å²) in [7, 11) is 1.60. The van der Waals surface area contributed by atoms with Crippen molar-refractivity contribution in [1.29, 1.82) is 0 Å². The molecule has 1 aromatic heterocycles. The number of aromatic nitrogens is 2. The fraction of sp³-hybridized carbons (Fsp3) is 0.400. The zero-order chi connectivity index (χ0) is 22.5. The second-order valence-corrected chi connectivity index (χ2v) is 7.00. The molecule has 11 heteroatoms. The summed E-state index contributed by atoms with van der Waals surface area (Å²) >= 11 is 0. The monoisotopic (exact) mass is 435 g/mol. The molecule has 1 aliphatic heterocycles. The van der Waals surface area contributed by atoms with Gasteiger partial charge in [0.25, 0.3) is 5.91 Å². The quantitative estimate of drug-likeness (QED) is 0.687. The molecular formula is C20H23F2N5O4. The molecule has 2 heterocycles. The zero-order valence-electron chi connectivity index (χ0n) is 17.2. The molecule has 0 unspecified atom stereocenters. The number of hydrogen-bond acceptors (Lipinski definition) is 6. The summed E-state index contributed by atoms with van der Waals surface area (Å²) < 4.78 is 32.8. The summed E-state index contributed by atoms with van der Waals surface area (Å²) in [6.45, 7) is 3.48. The number of anilines is 1. The summed E-state index contributed by atoms with van der Waals surface area (Å²) in [6.07, 6.45) is 1.33. The van der Waals surface area contributed by atoms with Crippen LogP contribution in [0.5, 0.6) is 0 Å². The van der Waals surface area contributed by atoms with E-state index in [1.165, 1.54) is 21.8 Å². The van der Waals surface area contributed by atoms with Crippen molar-refractivity contribution in [3.8, 4) is 0 Å². The second-order valence-electron chi connectivity index (χ2n) is 7.00. The van der Waals surface area contributed by atoms with E-state index in [2.05, 4.69) is 10.4 Å². The Morgan fingerprint density at radius 2 is 1.84 bits per heavy atom. The van der Waals surface area contributed by atoms with Gasteiger partial charge in [-0.3, -0.25) is 19.2 Å². The first-order chi connectivity index (χ1) is 14.8. The van der Waals surface area contributed by atoms with Gasteiger partial charge in [0.1, 0.15) is 11.4 Å². The second kappa shape index (κ2) is 9.65. The Morgan fingerprint density at radius 3 is 2.48 bits per heavy atom. The molecule has 3 rings (SSSR count). The van der Waals surface area contributed by atoms with Crippen molar-refractivity contribution in [2.24, 2.45) is 7.05 Å². The number of esters is 1. The minimum absolute atomic E-state index is 0.0562. The molecule has 31 heavy (non-hydrogen) atoms. The summed E-state index contributed by atoms with van der Waals surface area (Å²) in [4.78, 5) is 40.3. The third-order valence-corrected chi connectivity index (χ3v) is 4.89. The average molecular weight is 435 g/mol. The molecule has 1 aliphatic rings. The van der Waals surface area contributed by atoms with Gasteiger partial charge >= 0.3 is 5.97 Å². The van der Waals surface area contributed by atoms with Gasteiger partial charge in [-0.05, 0) is 25.1 Å². The molecule has 0 radical (unpaired) electrons. The standard InChI is InChI=1S/C20H23F2N5O4/c1-3-31-20(30)14-11-23-25(2)18(14)24-17(28)12-26-6-8-27(9-7-26)19(29)13-4-5-15(21)16(22)10-13/h4-5,10-11H,3,6-9,12H2,1-2H3,(H,24,28). The van der Waals surface area contributed by atoms with E-state index in [1.54, 1.807) is 14.0 Å². The first-order valence-electron chi connectivity index (χ1n) is 9.75. The molecule has 1 fully saturated rings. The molecule has 1 N–H and O–H groups in total. The van der Waals surface area contributed by atoms with Gasteiger partial charge in [-0.25, -0.2) is 13.6 Å². The van der Waals surface area contributed by atoms with Crippen molar-refractivity contribution in [3.05, 3.63) is 47.2 Å². The molecular weight excluding hydrogens is 412 g/mol. The molecule has 2 aromatic rings. The Balaban J connectivity index is 1.54. The van der Waals surface area contributed by atoms with Gasteiger partial charge in [0.2, 0.25) is 5.91 Å². The van der Waals surface area contributed by atoms with E-state index in [4.69, 9.17) is 4.74 Å². The van der Waals surface area contributed by atoms with Crippen LogP contribution in [0, 0.1) is 11.6 Å². The number of rotatable bonds is 6. The summed E-state index contributed by atoms with van der Waals surface area (Å²) in [5, 5.41) is 6.66. The van der Waals surface area contributed by atoms with Crippen molar-refractivity contribution in [2.45, 2.75) is 6.92 Å². The number of benzene rings is 1. The zero-order valence-corrected chi connectivity index (χ0v) is 17.2. The van der Waals surface area contributed by atoms with Crippen LogP contribution in [0.15, 0.2) is 24.4 Å². The van der Waals surface area contributed by atoms with Gasteiger partial charge in [0.05, 0.1) is 19.3 Å². The van der Waals surface area contributed by atoms with Crippen molar-refractivity contribution < 1.29 is 27.9 Å². The number of aryl methyl sites for hydroxylation is 1. The molecule has 166 valence electrons. The average Bonchev–Trinajstić information content (AvgIpc) is 3.10. The highest BCUT2D eigenvalue weighted by atomic mass is 19.2. The maximum Gasteiger partial charge on any atom is 0.343 e. The van der Waals surface area contributed by atoms with E-state index in [-0.39, 0.29) is 36.0 Å². The number of piperazine rings is 1. The van der Waals surface area contributed by atoms with Crippen molar-refractivity contribution >= 4 is 23.6 Å². The molecule has 9 nitrogen and oxygen atoms in total. The molecule has 0 aliphatic carbocycles. The summed E-state index contributed by atoms with van der Waals surface area (Å²) in [5.41, 5.74) is 0.243. The number of carbonyl (C=O) groups is 3. The normalized spacial score (nSPS) is 14.4. The molecule has 0 spiro atoms. The number of halogens is 2. The van der Waals surface area contributed by atoms with Gasteiger partial charge < -0.3 is 15.0 Å². The maximum atomic E-state index is 13.4. The largest absolute Gasteiger partial charge is 0.462 e. The molecule has 1 saturated heterocycles. The lowest BCUT2D eigenvalue weighted by molar-refractivity contribution is -0.117. The van der Waals surface area contributed by atoms with Crippen LogP contribution in [0.25, 0.3) is 0 Å². The molecule has 0 saturated carbocycles. The fourth-order valence-electron chi connectivity index (χ4n) is 3.24. The highest BCUT2D eigenvalue weighted by Gasteiger charge is 2.25. The van der Waals surface area contributed by atoms with E-state index < -0.39 is 23.5 Å². The molecule has 1 aromatic carbocycles.